The molecule has 1 heteroatoms. The van der Waals surface area contributed by atoms with Crippen molar-refractivity contribution in [3.63, 3.8) is 0 Å². The fraction of sp³-hybridized carbons (Fsp3) is 0.467. The molecule has 0 fully saturated rings. The van der Waals surface area contributed by atoms with Crippen LogP contribution in [0.15, 0.2) is 29.8 Å². The molecule has 1 aliphatic carbocycles. The highest BCUT2D eigenvalue weighted by molar-refractivity contribution is 5.77. The third-order valence-corrected chi connectivity index (χ3v) is 3.95. The molecule has 2 aliphatic rings. The van der Waals surface area contributed by atoms with Gasteiger partial charge in [0.25, 0.3) is 0 Å². The highest BCUT2D eigenvalue weighted by atomic mass is 15.1. The average Bonchev–Trinajstić information content (AvgIpc) is 2.66. The zero-order valence-electron chi connectivity index (χ0n) is 10.2. The van der Waals surface area contributed by atoms with Crippen molar-refractivity contribution < 1.29 is 0 Å². The standard InChI is InChI=1S/C15H19N/c1-11(2)16-8-7-15-13(10-16)9-12-5-3-4-6-14(12)15/h3-6,11H,7-10H2,1-2H3. The van der Waals surface area contributed by atoms with E-state index in [1.807, 2.05) is 0 Å². The van der Waals surface area contributed by atoms with Crippen LogP contribution in [0.2, 0.25) is 0 Å². The molecule has 1 heterocycles. The fourth-order valence-corrected chi connectivity index (χ4v) is 2.98. The Hall–Kier alpha value is -1.08. The number of benzene rings is 1. The lowest BCUT2D eigenvalue weighted by molar-refractivity contribution is 0.238. The maximum Gasteiger partial charge on any atom is 0.0205 e. The van der Waals surface area contributed by atoms with Crippen LogP contribution in [-0.2, 0) is 6.42 Å². The number of fused-ring (bicyclic) bond motifs is 2. The van der Waals surface area contributed by atoms with Crippen LogP contribution in [0, 0.1) is 0 Å². The van der Waals surface area contributed by atoms with Crippen LogP contribution >= 0.6 is 0 Å². The van der Waals surface area contributed by atoms with E-state index in [0.717, 1.165) is 0 Å². The summed E-state index contributed by atoms with van der Waals surface area (Å²) in [6.07, 6.45) is 2.43. The van der Waals surface area contributed by atoms with Crippen molar-refractivity contribution in [3.8, 4) is 0 Å². The molecular formula is C15H19N. The maximum atomic E-state index is 2.59. The fourth-order valence-electron chi connectivity index (χ4n) is 2.98. The van der Waals surface area contributed by atoms with Gasteiger partial charge in [-0.25, -0.2) is 0 Å². The lowest BCUT2D eigenvalue weighted by Gasteiger charge is -2.31. The second-order valence-electron chi connectivity index (χ2n) is 5.23. The van der Waals surface area contributed by atoms with Crippen LogP contribution in [-0.4, -0.2) is 24.0 Å². The third kappa shape index (κ3) is 1.51. The van der Waals surface area contributed by atoms with Crippen LogP contribution < -0.4 is 0 Å². The summed E-state index contributed by atoms with van der Waals surface area (Å²) >= 11 is 0. The van der Waals surface area contributed by atoms with Crippen LogP contribution in [0.5, 0.6) is 0 Å². The zero-order valence-corrected chi connectivity index (χ0v) is 10.2. The van der Waals surface area contributed by atoms with Gasteiger partial charge in [0.2, 0.25) is 0 Å². The molecule has 0 amide bonds. The molecule has 0 radical (unpaired) electrons. The normalized spacial score (nSPS) is 20.2. The molecule has 3 rings (SSSR count). The van der Waals surface area contributed by atoms with Gasteiger partial charge in [-0.05, 0) is 49.0 Å². The first-order chi connectivity index (χ1) is 7.75. The summed E-state index contributed by atoms with van der Waals surface area (Å²) < 4.78 is 0. The molecule has 16 heavy (non-hydrogen) atoms. The van der Waals surface area contributed by atoms with Crippen molar-refractivity contribution in [1.82, 2.24) is 4.90 Å². The number of hydrogen-bond donors (Lipinski definition) is 0. The summed E-state index contributed by atoms with van der Waals surface area (Å²) in [5, 5.41) is 0. The molecule has 0 saturated heterocycles. The first-order valence-electron chi connectivity index (χ1n) is 6.29. The molecule has 0 atom stereocenters. The molecular weight excluding hydrogens is 194 g/mol. The monoisotopic (exact) mass is 213 g/mol. The van der Waals surface area contributed by atoms with Gasteiger partial charge in [-0.2, -0.15) is 0 Å². The molecule has 1 aliphatic heterocycles. The predicted octanol–water partition coefficient (Wildman–Crippen LogP) is 3.11. The van der Waals surface area contributed by atoms with Crippen molar-refractivity contribution in [2.24, 2.45) is 0 Å². The Morgan fingerprint density at radius 2 is 2.00 bits per heavy atom. The Morgan fingerprint density at radius 3 is 2.81 bits per heavy atom. The first-order valence-corrected chi connectivity index (χ1v) is 6.29. The SMILES string of the molecule is CC(C)N1CCC2=C(Cc3ccccc32)C1. The van der Waals surface area contributed by atoms with Crippen LogP contribution in [0.1, 0.15) is 31.4 Å². The van der Waals surface area contributed by atoms with Gasteiger partial charge in [0.15, 0.2) is 0 Å². The summed E-state index contributed by atoms with van der Waals surface area (Å²) in [5.41, 5.74) is 6.38. The van der Waals surface area contributed by atoms with Crippen LogP contribution in [0.4, 0.5) is 0 Å². The van der Waals surface area contributed by atoms with Crippen molar-refractivity contribution in [1.29, 1.82) is 0 Å². The zero-order chi connectivity index (χ0) is 11.1. The topological polar surface area (TPSA) is 3.24 Å². The number of hydrogen-bond acceptors (Lipinski definition) is 1. The average molecular weight is 213 g/mol. The molecule has 0 saturated carbocycles. The molecule has 1 aromatic carbocycles. The molecule has 0 bridgehead atoms. The Balaban J connectivity index is 1.91. The van der Waals surface area contributed by atoms with Gasteiger partial charge in [-0.3, -0.25) is 4.90 Å². The molecule has 1 aromatic rings. The van der Waals surface area contributed by atoms with Gasteiger partial charge in [0.05, 0.1) is 0 Å². The summed E-state index contributed by atoms with van der Waals surface area (Å²) in [5.74, 6) is 0. The van der Waals surface area contributed by atoms with E-state index in [1.165, 1.54) is 37.1 Å². The van der Waals surface area contributed by atoms with E-state index in [2.05, 4.69) is 43.0 Å². The van der Waals surface area contributed by atoms with E-state index in [9.17, 15) is 0 Å². The van der Waals surface area contributed by atoms with Crippen LogP contribution in [0.3, 0.4) is 0 Å². The van der Waals surface area contributed by atoms with E-state index >= 15 is 0 Å². The lowest BCUT2D eigenvalue weighted by Crippen LogP contribution is -2.36. The summed E-state index contributed by atoms with van der Waals surface area (Å²) in [4.78, 5) is 2.59. The second kappa shape index (κ2) is 3.74. The Bertz CT molecular complexity index is 443. The highest BCUT2D eigenvalue weighted by Gasteiger charge is 2.27. The smallest absolute Gasteiger partial charge is 0.0205 e. The summed E-state index contributed by atoms with van der Waals surface area (Å²) in [7, 11) is 0. The maximum absolute atomic E-state index is 2.59. The Morgan fingerprint density at radius 1 is 1.19 bits per heavy atom. The van der Waals surface area contributed by atoms with E-state index in [4.69, 9.17) is 0 Å². The molecule has 84 valence electrons. The first kappa shape index (κ1) is 10.1. The van der Waals surface area contributed by atoms with Gasteiger partial charge in [0.1, 0.15) is 0 Å². The van der Waals surface area contributed by atoms with E-state index < -0.39 is 0 Å². The van der Waals surface area contributed by atoms with Gasteiger partial charge in [-0.1, -0.05) is 24.3 Å². The minimum absolute atomic E-state index is 0.678. The largest absolute Gasteiger partial charge is 0.297 e. The third-order valence-electron chi connectivity index (χ3n) is 3.95. The van der Waals surface area contributed by atoms with Crippen molar-refractivity contribution in [2.45, 2.75) is 32.7 Å². The molecule has 0 unspecified atom stereocenters. The van der Waals surface area contributed by atoms with Crippen LogP contribution in [0.25, 0.3) is 5.57 Å². The lowest BCUT2D eigenvalue weighted by atomic mass is 9.98. The van der Waals surface area contributed by atoms with E-state index in [-0.39, 0.29) is 0 Å². The molecule has 0 spiro atoms. The second-order valence-corrected chi connectivity index (χ2v) is 5.23. The molecule has 1 nitrogen and oxygen atoms in total. The molecule has 0 aromatic heterocycles. The van der Waals surface area contributed by atoms with E-state index in [0.29, 0.717) is 6.04 Å². The predicted molar refractivity (Wildman–Crippen MR) is 68.4 cm³/mol. The van der Waals surface area contributed by atoms with Crippen molar-refractivity contribution in [2.75, 3.05) is 13.1 Å². The van der Waals surface area contributed by atoms with Crippen molar-refractivity contribution in [3.05, 3.63) is 41.0 Å². The van der Waals surface area contributed by atoms with Gasteiger partial charge >= 0.3 is 0 Å². The number of rotatable bonds is 1. The summed E-state index contributed by atoms with van der Waals surface area (Å²) in [6.45, 7) is 7.01. The number of nitrogens with zero attached hydrogens (tertiary/aromatic N) is 1. The van der Waals surface area contributed by atoms with Gasteiger partial charge in [-0.15, -0.1) is 0 Å². The van der Waals surface area contributed by atoms with Gasteiger partial charge < -0.3 is 0 Å². The minimum Gasteiger partial charge on any atom is -0.297 e. The van der Waals surface area contributed by atoms with Crippen molar-refractivity contribution >= 4 is 5.57 Å². The minimum atomic E-state index is 0.678. The Kier molecular flexibility index (Phi) is 2.36. The van der Waals surface area contributed by atoms with Gasteiger partial charge in [0, 0.05) is 19.1 Å². The highest BCUT2D eigenvalue weighted by Crippen LogP contribution is 2.38. The quantitative estimate of drug-likeness (QED) is 0.693. The summed E-state index contributed by atoms with van der Waals surface area (Å²) in [6, 6.07) is 9.59. The van der Waals surface area contributed by atoms with E-state index in [1.54, 1.807) is 11.1 Å². The Labute approximate surface area is 97.8 Å². The molecule has 0 N–H and O–H groups in total.